The van der Waals surface area contributed by atoms with Gasteiger partial charge >= 0.3 is 0 Å². The van der Waals surface area contributed by atoms with Crippen molar-refractivity contribution in [2.45, 2.75) is 40.7 Å². The molecule has 0 atom stereocenters. The summed E-state index contributed by atoms with van der Waals surface area (Å²) in [5.41, 5.74) is 2.31. The van der Waals surface area contributed by atoms with Gasteiger partial charge in [0.25, 0.3) is 0 Å². The third-order valence-corrected chi connectivity index (χ3v) is 4.81. The Kier molecular flexibility index (Phi) is 10.6. The number of hydrogen-bond donors (Lipinski definition) is 2. The Labute approximate surface area is 177 Å². The summed E-state index contributed by atoms with van der Waals surface area (Å²) in [6.45, 7) is 11.1. The van der Waals surface area contributed by atoms with E-state index in [4.69, 9.17) is 4.74 Å². The van der Waals surface area contributed by atoms with E-state index < -0.39 is 0 Å². The molecule has 0 unspecified atom stereocenters. The predicted octanol–water partition coefficient (Wildman–Crippen LogP) is 4.07. The van der Waals surface area contributed by atoms with Gasteiger partial charge in [-0.3, -0.25) is 0 Å². The number of aryl methyl sites for hydroxylation is 2. The molecule has 0 aliphatic rings. The molecule has 0 radical (unpaired) electrons. The average Bonchev–Trinajstić information content (AvgIpc) is 2.92. The molecule has 1 aromatic carbocycles. The third kappa shape index (κ3) is 7.11. The van der Waals surface area contributed by atoms with Crippen molar-refractivity contribution in [2.24, 2.45) is 4.99 Å². The highest BCUT2D eigenvalue weighted by Crippen LogP contribution is 2.18. The largest absolute Gasteiger partial charge is 0.494 e. The molecule has 144 valence electrons. The smallest absolute Gasteiger partial charge is 0.191 e. The van der Waals surface area contributed by atoms with E-state index in [1.807, 2.05) is 32.0 Å². The predicted molar refractivity (Wildman–Crippen MR) is 121 cm³/mol. The number of aromatic nitrogens is 1. The minimum absolute atomic E-state index is 0. The molecular formula is C19H29IN4OS. The van der Waals surface area contributed by atoms with Gasteiger partial charge < -0.3 is 15.4 Å². The molecule has 26 heavy (non-hydrogen) atoms. The third-order valence-electron chi connectivity index (χ3n) is 3.75. The summed E-state index contributed by atoms with van der Waals surface area (Å²) >= 11 is 1.71. The van der Waals surface area contributed by atoms with Crippen molar-refractivity contribution in [3.63, 3.8) is 0 Å². The molecule has 0 aliphatic heterocycles. The van der Waals surface area contributed by atoms with Crippen LogP contribution in [0.2, 0.25) is 0 Å². The van der Waals surface area contributed by atoms with Crippen molar-refractivity contribution < 1.29 is 4.74 Å². The maximum absolute atomic E-state index is 5.68. The molecule has 7 heteroatoms. The number of nitrogens with one attached hydrogen (secondary N) is 2. The number of nitrogens with zero attached hydrogens (tertiary/aromatic N) is 2. The van der Waals surface area contributed by atoms with E-state index in [9.17, 15) is 0 Å². The lowest BCUT2D eigenvalue weighted by Gasteiger charge is -2.13. The molecule has 0 fully saturated rings. The Morgan fingerprint density at radius 2 is 1.96 bits per heavy atom. The molecule has 0 amide bonds. The van der Waals surface area contributed by atoms with Gasteiger partial charge in [-0.15, -0.1) is 35.3 Å². The summed E-state index contributed by atoms with van der Waals surface area (Å²) in [5.74, 6) is 1.78. The Balaban J connectivity index is 0.00000338. The number of hydrogen-bond acceptors (Lipinski definition) is 4. The van der Waals surface area contributed by atoms with Gasteiger partial charge in [0.2, 0.25) is 0 Å². The first kappa shape index (κ1) is 22.7. The van der Waals surface area contributed by atoms with Crippen LogP contribution < -0.4 is 15.4 Å². The van der Waals surface area contributed by atoms with Crippen LogP contribution in [0.4, 0.5) is 0 Å². The molecule has 0 aliphatic carbocycles. The number of ether oxygens (including phenoxy) is 1. The standard InChI is InChI=1S/C19H28N4OS.HI/c1-5-20-19(22-13-18-23-14(3)15(4)25-18)21-12-11-16-9-7-8-10-17(16)24-6-2;/h7-10H,5-6,11-13H2,1-4H3,(H2,20,21,22);1H. The lowest BCUT2D eigenvalue weighted by Crippen LogP contribution is -2.38. The van der Waals surface area contributed by atoms with Crippen LogP contribution in [0.3, 0.4) is 0 Å². The van der Waals surface area contributed by atoms with Gasteiger partial charge in [0.1, 0.15) is 10.8 Å². The van der Waals surface area contributed by atoms with Crippen LogP contribution in [-0.2, 0) is 13.0 Å². The average molecular weight is 488 g/mol. The summed E-state index contributed by atoms with van der Waals surface area (Å²) < 4.78 is 5.68. The molecule has 2 N–H and O–H groups in total. The van der Waals surface area contributed by atoms with Gasteiger partial charge in [-0.05, 0) is 45.7 Å². The van der Waals surface area contributed by atoms with Gasteiger partial charge in [-0.2, -0.15) is 0 Å². The second kappa shape index (κ2) is 12.1. The van der Waals surface area contributed by atoms with Crippen LogP contribution in [0.5, 0.6) is 5.75 Å². The van der Waals surface area contributed by atoms with Crippen molar-refractivity contribution >= 4 is 41.3 Å². The first-order chi connectivity index (χ1) is 12.1. The van der Waals surface area contributed by atoms with Crippen LogP contribution in [0.1, 0.15) is 35.0 Å². The zero-order chi connectivity index (χ0) is 18.1. The number of benzene rings is 1. The van der Waals surface area contributed by atoms with E-state index in [0.717, 1.165) is 41.9 Å². The van der Waals surface area contributed by atoms with E-state index in [0.29, 0.717) is 13.2 Å². The number of guanidine groups is 1. The first-order valence-corrected chi connectivity index (χ1v) is 9.61. The number of para-hydroxylation sites is 1. The van der Waals surface area contributed by atoms with E-state index in [-0.39, 0.29) is 24.0 Å². The van der Waals surface area contributed by atoms with Crippen molar-refractivity contribution in [2.75, 3.05) is 19.7 Å². The van der Waals surface area contributed by atoms with Gasteiger partial charge in [0, 0.05) is 18.0 Å². The van der Waals surface area contributed by atoms with E-state index in [2.05, 4.69) is 40.5 Å². The van der Waals surface area contributed by atoms with Crippen molar-refractivity contribution in [1.82, 2.24) is 15.6 Å². The van der Waals surface area contributed by atoms with Crippen LogP contribution in [0, 0.1) is 13.8 Å². The minimum atomic E-state index is 0. The fraction of sp³-hybridized carbons (Fsp3) is 0.474. The summed E-state index contributed by atoms with van der Waals surface area (Å²) in [6, 6.07) is 8.18. The Morgan fingerprint density at radius 1 is 1.19 bits per heavy atom. The zero-order valence-electron chi connectivity index (χ0n) is 16.0. The van der Waals surface area contributed by atoms with Crippen molar-refractivity contribution in [3.8, 4) is 5.75 Å². The van der Waals surface area contributed by atoms with Crippen LogP contribution in [0.25, 0.3) is 0 Å². The van der Waals surface area contributed by atoms with Gasteiger partial charge in [-0.25, -0.2) is 9.98 Å². The highest BCUT2D eigenvalue weighted by molar-refractivity contribution is 14.0. The highest BCUT2D eigenvalue weighted by Gasteiger charge is 2.05. The van der Waals surface area contributed by atoms with Crippen LogP contribution in [0.15, 0.2) is 29.3 Å². The molecule has 5 nitrogen and oxygen atoms in total. The second-order valence-corrected chi connectivity index (χ2v) is 6.95. The van der Waals surface area contributed by atoms with Crippen molar-refractivity contribution in [1.29, 1.82) is 0 Å². The van der Waals surface area contributed by atoms with Gasteiger partial charge in [0.15, 0.2) is 5.96 Å². The molecule has 0 saturated carbocycles. The minimum Gasteiger partial charge on any atom is -0.494 e. The molecule has 0 saturated heterocycles. The molecule has 0 bridgehead atoms. The molecular weight excluding hydrogens is 459 g/mol. The van der Waals surface area contributed by atoms with E-state index >= 15 is 0 Å². The highest BCUT2D eigenvalue weighted by atomic mass is 127. The lowest BCUT2D eigenvalue weighted by atomic mass is 10.1. The second-order valence-electron chi connectivity index (χ2n) is 5.66. The fourth-order valence-corrected chi connectivity index (χ4v) is 3.28. The summed E-state index contributed by atoms with van der Waals surface area (Å²) in [5, 5.41) is 7.73. The number of halogens is 1. The first-order valence-electron chi connectivity index (χ1n) is 8.79. The monoisotopic (exact) mass is 488 g/mol. The number of rotatable bonds is 8. The Bertz CT molecular complexity index is 683. The topological polar surface area (TPSA) is 58.5 Å². The maximum Gasteiger partial charge on any atom is 0.191 e. The molecule has 0 spiro atoms. The zero-order valence-corrected chi connectivity index (χ0v) is 19.1. The lowest BCUT2D eigenvalue weighted by molar-refractivity contribution is 0.336. The van der Waals surface area contributed by atoms with Crippen LogP contribution in [-0.4, -0.2) is 30.6 Å². The van der Waals surface area contributed by atoms with E-state index in [1.165, 1.54) is 10.4 Å². The molecule has 1 aromatic heterocycles. The quantitative estimate of drug-likeness (QED) is 0.334. The normalized spacial score (nSPS) is 11.0. The fourth-order valence-electron chi connectivity index (χ4n) is 2.42. The molecule has 2 rings (SSSR count). The molecule has 2 aromatic rings. The Morgan fingerprint density at radius 3 is 2.62 bits per heavy atom. The van der Waals surface area contributed by atoms with Gasteiger partial charge in [0.05, 0.1) is 18.8 Å². The summed E-state index contributed by atoms with van der Waals surface area (Å²) in [7, 11) is 0. The molecule has 1 heterocycles. The number of thiazole rings is 1. The van der Waals surface area contributed by atoms with Crippen molar-refractivity contribution in [3.05, 3.63) is 45.4 Å². The number of aliphatic imine (C=N–C) groups is 1. The SMILES string of the molecule is CCNC(=NCc1nc(C)c(C)s1)NCCc1ccccc1OCC.I. The summed E-state index contributed by atoms with van der Waals surface area (Å²) in [6.07, 6.45) is 0.885. The van der Waals surface area contributed by atoms with E-state index in [1.54, 1.807) is 11.3 Å². The van der Waals surface area contributed by atoms with Gasteiger partial charge in [-0.1, -0.05) is 18.2 Å². The summed E-state index contributed by atoms with van der Waals surface area (Å²) in [4.78, 5) is 10.4. The maximum atomic E-state index is 5.68. The Hall–Kier alpha value is -1.35. The van der Waals surface area contributed by atoms with Crippen LogP contribution >= 0.6 is 35.3 Å².